The zero-order valence-corrected chi connectivity index (χ0v) is 12.1. The van der Waals surface area contributed by atoms with Gasteiger partial charge in [-0.2, -0.15) is 0 Å². The minimum atomic E-state index is 0.682. The Labute approximate surface area is 119 Å². The molecule has 0 atom stereocenters. The maximum atomic E-state index is 6.16. The van der Waals surface area contributed by atoms with Crippen LogP contribution in [0.5, 0.6) is 0 Å². The standard InChI is InChI=1S/C15H16ClNS/c1-10-6-7-12(8-11(10)2)17-9-13-14(16)4-3-5-15(13)18/h3-8,17-18H,9H2,1-2H3. The van der Waals surface area contributed by atoms with Gasteiger partial charge in [-0.3, -0.25) is 0 Å². The minimum Gasteiger partial charge on any atom is -0.381 e. The fourth-order valence-corrected chi connectivity index (χ4v) is 2.36. The molecule has 0 saturated heterocycles. The number of aryl methyl sites for hydroxylation is 2. The fraction of sp³-hybridized carbons (Fsp3) is 0.200. The lowest BCUT2D eigenvalue weighted by molar-refractivity contribution is 1.09. The van der Waals surface area contributed by atoms with E-state index in [-0.39, 0.29) is 0 Å². The number of thiol groups is 1. The van der Waals surface area contributed by atoms with Crippen molar-refractivity contribution in [3.05, 3.63) is 58.1 Å². The zero-order chi connectivity index (χ0) is 13.1. The van der Waals surface area contributed by atoms with E-state index in [0.717, 1.165) is 21.2 Å². The molecule has 0 aliphatic rings. The highest BCUT2D eigenvalue weighted by molar-refractivity contribution is 7.80. The van der Waals surface area contributed by atoms with Gasteiger partial charge in [0.1, 0.15) is 0 Å². The molecule has 0 amide bonds. The Morgan fingerprint density at radius 3 is 2.56 bits per heavy atom. The lowest BCUT2D eigenvalue weighted by Gasteiger charge is -2.11. The first-order valence-corrected chi connectivity index (χ1v) is 6.68. The minimum absolute atomic E-state index is 0.682. The van der Waals surface area contributed by atoms with Crippen LogP contribution < -0.4 is 5.32 Å². The maximum Gasteiger partial charge on any atom is 0.0466 e. The highest BCUT2D eigenvalue weighted by atomic mass is 35.5. The Kier molecular flexibility index (Phi) is 4.20. The van der Waals surface area contributed by atoms with Crippen molar-refractivity contribution < 1.29 is 0 Å². The zero-order valence-electron chi connectivity index (χ0n) is 10.5. The van der Waals surface area contributed by atoms with E-state index < -0.39 is 0 Å². The van der Waals surface area contributed by atoms with E-state index in [2.05, 4.69) is 50.0 Å². The van der Waals surface area contributed by atoms with Crippen LogP contribution in [0.2, 0.25) is 5.02 Å². The van der Waals surface area contributed by atoms with E-state index in [1.54, 1.807) is 0 Å². The molecular weight excluding hydrogens is 262 g/mol. The molecule has 0 heterocycles. The van der Waals surface area contributed by atoms with Crippen LogP contribution in [0.4, 0.5) is 5.69 Å². The molecule has 0 aliphatic heterocycles. The van der Waals surface area contributed by atoms with Crippen molar-refractivity contribution in [1.82, 2.24) is 0 Å². The van der Waals surface area contributed by atoms with E-state index in [4.69, 9.17) is 11.6 Å². The Morgan fingerprint density at radius 1 is 1.11 bits per heavy atom. The summed E-state index contributed by atoms with van der Waals surface area (Å²) < 4.78 is 0. The van der Waals surface area contributed by atoms with Gasteiger partial charge in [0.2, 0.25) is 0 Å². The molecule has 0 bridgehead atoms. The third kappa shape index (κ3) is 3.01. The molecule has 2 aromatic carbocycles. The van der Waals surface area contributed by atoms with E-state index in [9.17, 15) is 0 Å². The topological polar surface area (TPSA) is 12.0 Å². The molecule has 2 rings (SSSR count). The predicted molar refractivity (Wildman–Crippen MR) is 81.9 cm³/mol. The highest BCUT2D eigenvalue weighted by Gasteiger charge is 2.04. The average molecular weight is 278 g/mol. The predicted octanol–water partition coefficient (Wildman–Crippen LogP) is 4.86. The second-order valence-corrected chi connectivity index (χ2v) is 5.28. The molecule has 18 heavy (non-hydrogen) atoms. The first-order valence-electron chi connectivity index (χ1n) is 5.85. The number of anilines is 1. The Balaban J connectivity index is 2.14. The molecular formula is C15H16ClNS. The van der Waals surface area contributed by atoms with Crippen LogP contribution in [0.25, 0.3) is 0 Å². The highest BCUT2D eigenvalue weighted by Crippen LogP contribution is 2.24. The van der Waals surface area contributed by atoms with Crippen molar-refractivity contribution in [2.45, 2.75) is 25.3 Å². The molecule has 1 N–H and O–H groups in total. The van der Waals surface area contributed by atoms with Gasteiger partial charge in [-0.25, -0.2) is 0 Å². The third-order valence-electron chi connectivity index (χ3n) is 3.07. The van der Waals surface area contributed by atoms with Gasteiger partial charge in [0, 0.05) is 27.7 Å². The SMILES string of the molecule is Cc1ccc(NCc2c(S)cccc2Cl)cc1C. The van der Waals surface area contributed by atoms with Gasteiger partial charge >= 0.3 is 0 Å². The summed E-state index contributed by atoms with van der Waals surface area (Å²) in [7, 11) is 0. The van der Waals surface area contributed by atoms with Crippen molar-refractivity contribution in [3.63, 3.8) is 0 Å². The molecule has 0 spiro atoms. The molecule has 0 saturated carbocycles. The normalized spacial score (nSPS) is 10.4. The van der Waals surface area contributed by atoms with Crippen molar-refractivity contribution in [2.24, 2.45) is 0 Å². The number of hydrogen-bond donors (Lipinski definition) is 2. The van der Waals surface area contributed by atoms with Crippen LogP contribution in [-0.4, -0.2) is 0 Å². The van der Waals surface area contributed by atoms with Gasteiger partial charge in [-0.05, 0) is 49.2 Å². The van der Waals surface area contributed by atoms with Crippen molar-refractivity contribution in [1.29, 1.82) is 0 Å². The summed E-state index contributed by atoms with van der Waals surface area (Å²) in [5, 5.41) is 4.13. The van der Waals surface area contributed by atoms with E-state index in [0.29, 0.717) is 6.54 Å². The van der Waals surface area contributed by atoms with Gasteiger partial charge in [-0.15, -0.1) is 12.6 Å². The summed E-state index contributed by atoms with van der Waals surface area (Å²) in [5.74, 6) is 0. The Bertz CT molecular complexity index is 546. The Hall–Kier alpha value is -1.12. The van der Waals surface area contributed by atoms with Gasteiger partial charge in [0.15, 0.2) is 0 Å². The molecule has 1 nitrogen and oxygen atoms in total. The van der Waals surface area contributed by atoms with Crippen molar-refractivity contribution in [3.8, 4) is 0 Å². The third-order valence-corrected chi connectivity index (χ3v) is 3.84. The number of hydrogen-bond acceptors (Lipinski definition) is 2. The van der Waals surface area contributed by atoms with E-state index in [1.807, 2.05) is 18.2 Å². The fourth-order valence-electron chi connectivity index (χ4n) is 1.76. The van der Waals surface area contributed by atoms with Gasteiger partial charge in [0.25, 0.3) is 0 Å². The van der Waals surface area contributed by atoms with Crippen molar-refractivity contribution in [2.75, 3.05) is 5.32 Å². The molecule has 0 unspecified atom stereocenters. The number of benzene rings is 2. The van der Waals surface area contributed by atoms with Gasteiger partial charge < -0.3 is 5.32 Å². The van der Waals surface area contributed by atoms with Crippen LogP contribution in [0.1, 0.15) is 16.7 Å². The molecule has 3 heteroatoms. The quantitative estimate of drug-likeness (QED) is 0.764. The summed E-state index contributed by atoms with van der Waals surface area (Å²) in [4.78, 5) is 0.916. The molecule has 0 aliphatic carbocycles. The van der Waals surface area contributed by atoms with Crippen LogP contribution in [0, 0.1) is 13.8 Å². The molecule has 0 radical (unpaired) electrons. The average Bonchev–Trinajstić information content (AvgIpc) is 2.33. The summed E-state index contributed by atoms with van der Waals surface area (Å²) in [6, 6.07) is 12.1. The molecule has 94 valence electrons. The molecule has 2 aromatic rings. The van der Waals surface area contributed by atoms with E-state index >= 15 is 0 Å². The van der Waals surface area contributed by atoms with Gasteiger partial charge in [0.05, 0.1) is 0 Å². The Morgan fingerprint density at radius 2 is 1.89 bits per heavy atom. The summed E-state index contributed by atoms with van der Waals surface area (Å²) in [5.41, 5.74) is 4.71. The first kappa shape index (κ1) is 13.3. The van der Waals surface area contributed by atoms with Crippen LogP contribution in [0.3, 0.4) is 0 Å². The van der Waals surface area contributed by atoms with Crippen molar-refractivity contribution >= 4 is 29.9 Å². The lowest BCUT2D eigenvalue weighted by Crippen LogP contribution is -2.01. The maximum absolute atomic E-state index is 6.16. The van der Waals surface area contributed by atoms with E-state index in [1.165, 1.54) is 11.1 Å². The monoisotopic (exact) mass is 277 g/mol. The smallest absolute Gasteiger partial charge is 0.0466 e. The van der Waals surface area contributed by atoms with Crippen LogP contribution in [0.15, 0.2) is 41.3 Å². The van der Waals surface area contributed by atoms with Crippen LogP contribution >= 0.6 is 24.2 Å². The number of nitrogens with one attached hydrogen (secondary N) is 1. The van der Waals surface area contributed by atoms with Crippen LogP contribution in [-0.2, 0) is 6.54 Å². The largest absolute Gasteiger partial charge is 0.381 e. The summed E-state index contributed by atoms with van der Waals surface area (Å²) in [6.07, 6.45) is 0. The first-order chi connectivity index (χ1) is 8.58. The summed E-state index contributed by atoms with van der Waals surface area (Å²) in [6.45, 7) is 4.90. The second-order valence-electron chi connectivity index (χ2n) is 4.39. The number of halogens is 1. The van der Waals surface area contributed by atoms with Gasteiger partial charge in [-0.1, -0.05) is 23.7 Å². The number of rotatable bonds is 3. The lowest BCUT2D eigenvalue weighted by atomic mass is 10.1. The second kappa shape index (κ2) is 5.68. The summed E-state index contributed by atoms with van der Waals surface area (Å²) >= 11 is 10.6. The molecule has 0 aromatic heterocycles. The molecule has 0 fully saturated rings.